The minimum atomic E-state index is -0.216. The Morgan fingerprint density at radius 2 is 1.95 bits per heavy atom. The second-order valence-corrected chi connectivity index (χ2v) is 4.79. The second kappa shape index (κ2) is 7.67. The van der Waals surface area contributed by atoms with E-state index in [0.29, 0.717) is 17.9 Å². The average Bonchev–Trinajstić information content (AvgIpc) is 2.78. The van der Waals surface area contributed by atoms with Crippen LogP contribution < -0.4 is 10.6 Å². The molecule has 0 radical (unpaired) electrons. The van der Waals surface area contributed by atoms with Gasteiger partial charge in [0.25, 0.3) is 5.91 Å². The third kappa shape index (κ3) is 3.82. The number of carbonyl (C=O) groups excluding carboxylic acids is 2. The van der Waals surface area contributed by atoms with Crippen LogP contribution in [0.25, 0.3) is 0 Å². The molecular formula is C14H24N4O2. The quantitative estimate of drug-likeness (QED) is 0.801. The van der Waals surface area contributed by atoms with Gasteiger partial charge in [-0.2, -0.15) is 5.10 Å². The fourth-order valence-corrected chi connectivity index (χ4v) is 2.01. The van der Waals surface area contributed by atoms with Crippen LogP contribution in [0.15, 0.2) is 6.20 Å². The van der Waals surface area contributed by atoms with Crippen LogP contribution in [0.2, 0.25) is 0 Å². The van der Waals surface area contributed by atoms with Gasteiger partial charge < -0.3 is 10.6 Å². The predicted molar refractivity (Wildman–Crippen MR) is 78.5 cm³/mol. The molecular weight excluding hydrogens is 256 g/mol. The fourth-order valence-electron chi connectivity index (χ4n) is 2.01. The molecule has 0 aliphatic heterocycles. The van der Waals surface area contributed by atoms with Gasteiger partial charge in [-0.1, -0.05) is 20.8 Å². The summed E-state index contributed by atoms with van der Waals surface area (Å²) in [5.74, 6) is -0.319. The lowest BCUT2D eigenvalue weighted by Gasteiger charge is -2.13. The zero-order chi connectivity index (χ0) is 15.1. The van der Waals surface area contributed by atoms with Gasteiger partial charge in [-0.25, -0.2) is 0 Å². The van der Waals surface area contributed by atoms with E-state index in [1.165, 1.54) is 10.9 Å². The summed E-state index contributed by atoms with van der Waals surface area (Å²) in [6.07, 6.45) is 3.93. The number of nitrogens with one attached hydrogen (secondary N) is 2. The first-order valence-corrected chi connectivity index (χ1v) is 7.16. The van der Waals surface area contributed by atoms with Gasteiger partial charge in [0.05, 0.1) is 11.9 Å². The average molecular weight is 280 g/mol. The van der Waals surface area contributed by atoms with Gasteiger partial charge in [0, 0.05) is 19.5 Å². The van der Waals surface area contributed by atoms with Crippen LogP contribution in [-0.2, 0) is 11.8 Å². The monoisotopic (exact) mass is 280 g/mol. The molecule has 0 aliphatic carbocycles. The molecule has 6 heteroatoms. The van der Waals surface area contributed by atoms with Crippen LogP contribution in [0.1, 0.15) is 50.5 Å². The molecule has 1 aromatic rings. The van der Waals surface area contributed by atoms with Gasteiger partial charge in [0.1, 0.15) is 5.69 Å². The topological polar surface area (TPSA) is 76.0 Å². The van der Waals surface area contributed by atoms with Crippen molar-refractivity contribution in [2.75, 3.05) is 11.9 Å². The Hall–Kier alpha value is -1.85. The van der Waals surface area contributed by atoms with E-state index in [-0.39, 0.29) is 17.7 Å². The molecule has 0 fully saturated rings. The first kappa shape index (κ1) is 16.2. The van der Waals surface area contributed by atoms with E-state index in [4.69, 9.17) is 0 Å². The molecule has 1 rings (SSSR count). The standard InChI is InChI=1S/C14H24N4O2/c1-5-8-15-14(20)12-11(9-16-18(12)4)17-13(19)10(6-2)7-3/h9-10H,5-8H2,1-4H3,(H,15,20)(H,17,19). The largest absolute Gasteiger partial charge is 0.351 e. The van der Waals surface area contributed by atoms with Gasteiger partial charge in [0.2, 0.25) is 5.91 Å². The number of carbonyl (C=O) groups is 2. The smallest absolute Gasteiger partial charge is 0.271 e. The predicted octanol–water partition coefficient (Wildman–Crippen LogP) is 1.93. The Kier molecular flexibility index (Phi) is 6.21. The highest BCUT2D eigenvalue weighted by Crippen LogP contribution is 2.17. The maximum atomic E-state index is 12.1. The number of anilines is 1. The third-order valence-corrected chi connectivity index (χ3v) is 3.30. The summed E-state index contributed by atoms with van der Waals surface area (Å²) in [5, 5.41) is 9.65. The van der Waals surface area contributed by atoms with Crippen molar-refractivity contribution < 1.29 is 9.59 Å². The number of hydrogen-bond acceptors (Lipinski definition) is 3. The zero-order valence-electron chi connectivity index (χ0n) is 12.7. The molecule has 112 valence electrons. The minimum Gasteiger partial charge on any atom is -0.351 e. The van der Waals surface area contributed by atoms with E-state index in [0.717, 1.165) is 19.3 Å². The van der Waals surface area contributed by atoms with Crippen molar-refractivity contribution in [3.05, 3.63) is 11.9 Å². The first-order chi connectivity index (χ1) is 9.54. The molecule has 6 nitrogen and oxygen atoms in total. The highest BCUT2D eigenvalue weighted by molar-refractivity contribution is 6.02. The van der Waals surface area contributed by atoms with E-state index in [2.05, 4.69) is 15.7 Å². The lowest BCUT2D eigenvalue weighted by atomic mass is 10.0. The van der Waals surface area contributed by atoms with E-state index in [9.17, 15) is 9.59 Å². The molecule has 0 aliphatic rings. The summed E-state index contributed by atoms with van der Waals surface area (Å²) >= 11 is 0. The SMILES string of the molecule is CCCNC(=O)c1c(NC(=O)C(CC)CC)cnn1C. The van der Waals surface area contributed by atoms with Crippen LogP contribution in [0.4, 0.5) is 5.69 Å². The molecule has 0 saturated heterocycles. The molecule has 2 amide bonds. The summed E-state index contributed by atoms with van der Waals surface area (Å²) < 4.78 is 1.48. The van der Waals surface area contributed by atoms with Gasteiger partial charge >= 0.3 is 0 Å². The van der Waals surface area contributed by atoms with Gasteiger partial charge in [0.15, 0.2) is 0 Å². The first-order valence-electron chi connectivity index (χ1n) is 7.16. The van der Waals surface area contributed by atoms with Crippen molar-refractivity contribution in [2.24, 2.45) is 13.0 Å². The Labute approximate surface area is 119 Å². The van der Waals surface area contributed by atoms with Crippen molar-refractivity contribution in [1.82, 2.24) is 15.1 Å². The van der Waals surface area contributed by atoms with Crippen LogP contribution in [0.3, 0.4) is 0 Å². The zero-order valence-corrected chi connectivity index (χ0v) is 12.7. The van der Waals surface area contributed by atoms with Crippen molar-refractivity contribution in [2.45, 2.75) is 40.0 Å². The molecule has 0 unspecified atom stereocenters. The second-order valence-electron chi connectivity index (χ2n) is 4.79. The summed E-state index contributed by atoms with van der Waals surface area (Å²) in [7, 11) is 1.69. The number of amides is 2. The van der Waals surface area contributed by atoms with Crippen molar-refractivity contribution in [3.8, 4) is 0 Å². The van der Waals surface area contributed by atoms with Gasteiger partial charge in [-0.15, -0.1) is 0 Å². The molecule has 2 N–H and O–H groups in total. The van der Waals surface area contributed by atoms with E-state index in [1.807, 2.05) is 20.8 Å². The van der Waals surface area contributed by atoms with E-state index >= 15 is 0 Å². The summed E-state index contributed by atoms with van der Waals surface area (Å²) in [6, 6.07) is 0. The lowest BCUT2D eigenvalue weighted by Crippen LogP contribution is -2.28. The van der Waals surface area contributed by atoms with E-state index in [1.54, 1.807) is 7.05 Å². The number of nitrogens with zero attached hydrogens (tertiary/aromatic N) is 2. The number of hydrogen-bond donors (Lipinski definition) is 2. The maximum absolute atomic E-state index is 12.1. The van der Waals surface area contributed by atoms with Crippen molar-refractivity contribution in [1.29, 1.82) is 0 Å². The third-order valence-electron chi connectivity index (χ3n) is 3.30. The molecule has 0 spiro atoms. The molecule has 1 heterocycles. The number of rotatable bonds is 7. The molecule has 0 bridgehead atoms. The van der Waals surface area contributed by atoms with Crippen molar-refractivity contribution >= 4 is 17.5 Å². The highest BCUT2D eigenvalue weighted by atomic mass is 16.2. The fraction of sp³-hybridized carbons (Fsp3) is 0.643. The molecule has 0 atom stereocenters. The maximum Gasteiger partial charge on any atom is 0.271 e. The Morgan fingerprint density at radius 1 is 1.30 bits per heavy atom. The number of aromatic nitrogens is 2. The normalized spacial score (nSPS) is 10.7. The Balaban J connectivity index is 2.86. The van der Waals surface area contributed by atoms with Crippen LogP contribution in [0, 0.1) is 5.92 Å². The highest BCUT2D eigenvalue weighted by Gasteiger charge is 2.21. The molecule has 0 aromatic carbocycles. The van der Waals surface area contributed by atoms with Crippen LogP contribution in [-0.4, -0.2) is 28.1 Å². The Morgan fingerprint density at radius 3 is 2.50 bits per heavy atom. The van der Waals surface area contributed by atoms with Crippen molar-refractivity contribution in [3.63, 3.8) is 0 Å². The molecule has 1 aromatic heterocycles. The lowest BCUT2D eigenvalue weighted by molar-refractivity contribution is -0.120. The van der Waals surface area contributed by atoms with Crippen LogP contribution in [0.5, 0.6) is 0 Å². The summed E-state index contributed by atoms with van der Waals surface area (Å²) in [4.78, 5) is 24.2. The minimum absolute atomic E-state index is 0.0400. The van der Waals surface area contributed by atoms with Crippen LogP contribution >= 0.6 is 0 Å². The summed E-state index contributed by atoms with van der Waals surface area (Å²) in [6.45, 7) is 6.54. The van der Waals surface area contributed by atoms with E-state index < -0.39 is 0 Å². The Bertz CT molecular complexity index is 464. The number of aryl methyl sites for hydroxylation is 1. The molecule has 0 saturated carbocycles. The van der Waals surface area contributed by atoms with Gasteiger partial charge in [-0.05, 0) is 19.3 Å². The summed E-state index contributed by atoms with van der Waals surface area (Å²) in [5.41, 5.74) is 0.857. The molecule has 20 heavy (non-hydrogen) atoms. The van der Waals surface area contributed by atoms with Gasteiger partial charge in [-0.3, -0.25) is 14.3 Å².